The summed E-state index contributed by atoms with van der Waals surface area (Å²) in [4.78, 5) is 15.5. The van der Waals surface area contributed by atoms with E-state index in [2.05, 4.69) is 161 Å². The van der Waals surface area contributed by atoms with Gasteiger partial charge in [-0.1, -0.05) is 158 Å². The molecule has 0 aliphatic heterocycles. The Hall–Kier alpha value is -7.63. The highest BCUT2D eigenvalue weighted by molar-refractivity contribution is 6.27. The number of benzene rings is 9. The molecule has 0 aliphatic rings. The fraction of sp³-hybridized carbons (Fsp3) is 0. The minimum atomic E-state index is 0.581. The molecule has 12 rings (SSSR count). The Bertz CT molecular complexity index is 3430. The predicted molar refractivity (Wildman–Crippen MR) is 232 cm³/mol. The molecule has 3 heterocycles. The van der Waals surface area contributed by atoms with E-state index in [1.54, 1.807) is 0 Å². The van der Waals surface area contributed by atoms with Gasteiger partial charge in [-0.2, -0.15) is 9.97 Å². The summed E-state index contributed by atoms with van der Waals surface area (Å²) in [6, 6.07) is 66.8. The zero-order chi connectivity index (χ0) is 36.7. The first-order valence-electron chi connectivity index (χ1n) is 19.0. The molecule has 9 aromatic carbocycles. The van der Waals surface area contributed by atoms with E-state index in [0.29, 0.717) is 17.6 Å². The van der Waals surface area contributed by atoms with E-state index in [0.717, 1.165) is 55.0 Å². The van der Waals surface area contributed by atoms with Crippen molar-refractivity contribution in [1.82, 2.24) is 24.1 Å². The van der Waals surface area contributed by atoms with Crippen LogP contribution in [0.3, 0.4) is 0 Å². The van der Waals surface area contributed by atoms with Gasteiger partial charge in [-0.25, -0.2) is 4.98 Å². The molecule has 0 saturated carbocycles. The van der Waals surface area contributed by atoms with Gasteiger partial charge < -0.3 is 4.57 Å². The van der Waals surface area contributed by atoms with Gasteiger partial charge in [0.1, 0.15) is 0 Å². The molecule has 0 saturated heterocycles. The van der Waals surface area contributed by atoms with Gasteiger partial charge in [0.2, 0.25) is 5.95 Å². The van der Waals surface area contributed by atoms with Crippen molar-refractivity contribution in [3.63, 3.8) is 0 Å². The molecule has 0 fully saturated rings. The van der Waals surface area contributed by atoms with Gasteiger partial charge in [0.05, 0.1) is 22.1 Å². The first-order chi connectivity index (χ1) is 27.8. The minimum absolute atomic E-state index is 0.581. The Kier molecular flexibility index (Phi) is 6.56. The van der Waals surface area contributed by atoms with E-state index in [1.165, 1.54) is 37.7 Å². The van der Waals surface area contributed by atoms with Gasteiger partial charge >= 0.3 is 0 Å². The Morgan fingerprint density at radius 3 is 1.38 bits per heavy atom. The normalized spacial score (nSPS) is 11.9. The first-order valence-corrected chi connectivity index (χ1v) is 19.0. The third kappa shape index (κ3) is 4.46. The fourth-order valence-corrected chi connectivity index (χ4v) is 8.93. The number of nitrogens with zero attached hydrogens (tertiary/aromatic N) is 5. The summed E-state index contributed by atoms with van der Waals surface area (Å²) in [5.74, 6) is 1.84. The van der Waals surface area contributed by atoms with Crippen molar-refractivity contribution >= 4 is 75.9 Å². The first kappa shape index (κ1) is 30.8. The second-order valence-corrected chi connectivity index (χ2v) is 14.4. The summed E-state index contributed by atoms with van der Waals surface area (Å²) in [6.07, 6.45) is 0. The maximum absolute atomic E-state index is 5.25. The number of hydrogen-bond donors (Lipinski definition) is 0. The van der Waals surface area contributed by atoms with Crippen LogP contribution in [0, 0.1) is 0 Å². The highest BCUT2D eigenvalue weighted by Crippen LogP contribution is 2.43. The molecular formula is C51H31N5. The molecular weight excluding hydrogens is 683 g/mol. The van der Waals surface area contributed by atoms with Gasteiger partial charge in [-0.15, -0.1) is 0 Å². The molecule has 0 amide bonds. The van der Waals surface area contributed by atoms with Crippen molar-refractivity contribution in [1.29, 1.82) is 0 Å². The van der Waals surface area contributed by atoms with E-state index >= 15 is 0 Å². The van der Waals surface area contributed by atoms with Gasteiger partial charge in [-0.05, 0) is 62.6 Å². The maximum atomic E-state index is 5.25. The Balaban J connectivity index is 1.20. The lowest BCUT2D eigenvalue weighted by Crippen LogP contribution is -2.06. The van der Waals surface area contributed by atoms with Crippen molar-refractivity contribution in [2.75, 3.05) is 0 Å². The van der Waals surface area contributed by atoms with Crippen LogP contribution >= 0.6 is 0 Å². The lowest BCUT2D eigenvalue weighted by Gasteiger charge is -2.14. The summed E-state index contributed by atoms with van der Waals surface area (Å²) in [5.41, 5.74) is 7.36. The Morgan fingerprint density at radius 1 is 0.304 bits per heavy atom. The molecule has 3 aromatic heterocycles. The van der Waals surface area contributed by atoms with Crippen molar-refractivity contribution in [3.05, 3.63) is 188 Å². The van der Waals surface area contributed by atoms with Crippen LogP contribution in [0.1, 0.15) is 0 Å². The highest BCUT2D eigenvalue weighted by atomic mass is 15.2. The van der Waals surface area contributed by atoms with Gasteiger partial charge in [0.25, 0.3) is 0 Å². The van der Waals surface area contributed by atoms with Crippen LogP contribution in [0.25, 0.3) is 110 Å². The molecule has 5 heteroatoms. The topological polar surface area (TPSA) is 48.5 Å². The van der Waals surface area contributed by atoms with E-state index in [1.807, 2.05) is 36.4 Å². The van der Waals surface area contributed by atoms with Crippen LogP contribution in [-0.2, 0) is 0 Å². The summed E-state index contributed by atoms with van der Waals surface area (Å²) in [7, 11) is 0. The van der Waals surface area contributed by atoms with E-state index < -0.39 is 0 Å². The molecule has 12 aromatic rings. The van der Waals surface area contributed by atoms with Crippen molar-refractivity contribution < 1.29 is 0 Å². The quantitative estimate of drug-likeness (QED) is 0.171. The van der Waals surface area contributed by atoms with Crippen LogP contribution in [0.4, 0.5) is 0 Å². The minimum Gasteiger partial charge on any atom is -0.309 e. The van der Waals surface area contributed by atoms with Crippen LogP contribution in [0.2, 0.25) is 0 Å². The molecule has 0 unspecified atom stereocenters. The number of aromatic nitrogens is 5. The number of rotatable bonds is 4. The van der Waals surface area contributed by atoms with E-state index in [4.69, 9.17) is 15.0 Å². The predicted octanol–water partition coefficient (Wildman–Crippen LogP) is 12.9. The second kappa shape index (κ2) is 11.9. The van der Waals surface area contributed by atoms with Crippen LogP contribution in [0.5, 0.6) is 0 Å². The second-order valence-electron chi connectivity index (χ2n) is 14.4. The van der Waals surface area contributed by atoms with Crippen LogP contribution in [-0.4, -0.2) is 24.1 Å². The van der Waals surface area contributed by atoms with Crippen molar-refractivity contribution in [2.45, 2.75) is 0 Å². The zero-order valence-electron chi connectivity index (χ0n) is 30.1. The molecule has 0 atom stereocenters. The molecule has 0 spiro atoms. The standard InChI is InChI=1S/C51H31N5/c1-3-15-32(16-4-1)49-52-50(33-17-5-2-6-18-33)54-51(53-49)56-44-25-13-11-23-40(44)41-29-30-46-47(48(41)56)42-24-12-14-26-45(42)55(46)34-27-28-39-37-21-8-7-19-35(37)36-20-9-10-22-38(36)43(39)31-34/h1-31H. The zero-order valence-corrected chi connectivity index (χ0v) is 30.1. The van der Waals surface area contributed by atoms with Gasteiger partial charge in [0, 0.05) is 38.4 Å². The van der Waals surface area contributed by atoms with Crippen LogP contribution < -0.4 is 0 Å². The smallest absolute Gasteiger partial charge is 0.238 e. The average molecular weight is 714 g/mol. The third-order valence-electron chi connectivity index (χ3n) is 11.3. The largest absolute Gasteiger partial charge is 0.309 e. The Morgan fingerprint density at radius 2 is 0.768 bits per heavy atom. The number of hydrogen-bond acceptors (Lipinski definition) is 3. The van der Waals surface area contributed by atoms with E-state index in [9.17, 15) is 0 Å². The monoisotopic (exact) mass is 713 g/mol. The third-order valence-corrected chi connectivity index (χ3v) is 11.3. The Labute approximate surface area is 321 Å². The van der Waals surface area contributed by atoms with E-state index in [-0.39, 0.29) is 0 Å². The molecule has 0 bridgehead atoms. The summed E-state index contributed by atoms with van der Waals surface area (Å²) in [5, 5.41) is 12.2. The van der Waals surface area contributed by atoms with Gasteiger partial charge in [0.15, 0.2) is 11.6 Å². The summed E-state index contributed by atoms with van der Waals surface area (Å²) < 4.78 is 4.68. The lowest BCUT2D eigenvalue weighted by molar-refractivity contribution is 0.955. The average Bonchev–Trinajstić information content (AvgIpc) is 3.80. The molecule has 0 N–H and O–H groups in total. The van der Waals surface area contributed by atoms with Crippen LogP contribution in [0.15, 0.2) is 188 Å². The molecule has 0 radical (unpaired) electrons. The number of para-hydroxylation sites is 2. The summed E-state index contributed by atoms with van der Waals surface area (Å²) >= 11 is 0. The highest BCUT2D eigenvalue weighted by Gasteiger charge is 2.23. The molecule has 260 valence electrons. The van der Waals surface area contributed by atoms with Crippen molar-refractivity contribution in [3.8, 4) is 34.4 Å². The number of fused-ring (bicyclic) bond motifs is 13. The maximum Gasteiger partial charge on any atom is 0.238 e. The molecule has 56 heavy (non-hydrogen) atoms. The summed E-state index contributed by atoms with van der Waals surface area (Å²) in [6.45, 7) is 0. The molecule has 5 nitrogen and oxygen atoms in total. The molecule has 0 aliphatic carbocycles. The lowest BCUT2D eigenvalue weighted by atomic mass is 9.94. The van der Waals surface area contributed by atoms with Gasteiger partial charge in [-0.3, -0.25) is 4.57 Å². The van der Waals surface area contributed by atoms with Crippen molar-refractivity contribution in [2.24, 2.45) is 0 Å². The SMILES string of the molecule is c1ccc(-c2nc(-c3ccccc3)nc(-n3c4ccccc4c4ccc5c(c6ccccc6n5-c5ccc6c7ccccc7c7ccccc7c6c5)c43)n2)cc1. The fourth-order valence-electron chi connectivity index (χ4n) is 8.93.